The summed E-state index contributed by atoms with van der Waals surface area (Å²) in [4.78, 5) is 28.5. The van der Waals surface area contributed by atoms with Crippen molar-refractivity contribution in [2.45, 2.75) is 19.3 Å². The number of rotatable bonds is 7. The average Bonchev–Trinajstić information content (AvgIpc) is 3.20. The van der Waals surface area contributed by atoms with E-state index in [2.05, 4.69) is 10.3 Å². The molecule has 1 heterocycles. The Balaban J connectivity index is 1.59. The van der Waals surface area contributed by atoms with Gasteiger partial charge < -0.3 is 14.2 Å². The molecule has 1 aromatic heterocycles. The van der Waals surface area contributed by atoms with Gasteiger partial charge in [-0.2, -0.15) is 0 Å². The summed E-state index contributed by atoms with van der Waals surface area (Å²) in [6.45, 7) is -0.323. The van der Waals surface area contributed by atoms with Gasteiger partial charge in [0.25, 0.3) is 5.91 Å². The summed E-state index contributed by atoms with van der Waals surface area (Å²) in [5, 5.41) is 4.89. The number of nitrogens with one attached hydrogen (secondary N) is 1. The Morgan fingerprint density at radius 1 is 1.25 bits per heavy atom. The maximum Gasteiger partial charge on any atom is 0.309 e. The number of hydrogen-bond donors (Lipinski definition) is 1. The van der Waals surface area contributed by atoms with E-state index in [0.29, 0.717) is 28.7 Å². The van der Waals surface area contributed by atoms with Crippen LogP contribution in [-0.4, -0.2) is 37.7 Å². The zero-order valence-corrected chi connectivity index (χ0v) is 16.6. The molecule has 2 aromatic rings. The maximum absolute atomic E-state index is 12.1. The van der Waals surface area contributed by atoms with Crippen LogP contribution in [-0.2, 0) is 14.3 Å². The molecule has 148 valence electrons. The van der Waals surface area contributed by atoms with Crippen molar-refractivity contribution in [2.24, 2.45) is 5.92 Å². The SMILES string of the molecule is COc1ccc(OC)c(-c2csc(NC(=O)COC(=O)[C@@H]3CC=CCC3)n2)c1. The predicted molar refractivity (Wildman–Crippen MR) is 107 cm³/mol. The van der Waals surface area contributed by atoms with E-state index in [1.807, 2.05) is 23.6 Å². The highest BCUT2D eigenvalue weighted by Crippen LogP contribution is 2.35. The second-order valence-corrected chi connectivity index (χ2v) is 7.10. The lowest BCUT2D eigenvalue weighted by Gasteiger charge is -2.15. The number of aromatic nitrogens is 1. The predicted octanol–water partition coefficient (Wildman–Crippen LogP) is 3.67. The quantitative estimate of drug-likeness (QED) is 0.562. The van der Waals surface area contributed by atoms with Gasteiger partial charge in [0, 0.05) is 10.9 Å². The number of esters is 1. The minimum absolute atomic E-state index is 0.162. The van der Waals surface area contributed by atoms with Gasteiger partial charge in [0.05, 0.1) is 25.8 Å². The van der Waals surface area contributed by atoms with E-state index < -0.39 is 5.91 Å². The number of thiazole rings is 1. The zero-order valence-electron chi connectivity index (χ0n) is 15.8. The fourth-order valence-corrected chi connectivity index (χ4v) is 3.61. The Morgan fingerprint density at radius 2 is 2.11 bits per heavy atom. The van der Waals surface area contributed by atoms with Crippen LogP contribution in [0.25, 0.3) is 11.3 Å². The Bertz CT molecular complexity index is 877. The Kier molecular flexibility index (Phi) is 6.65. The largest absolute Gasteiger partial charge is 0.497 e. The highest BCUT2D eigenvalue weighted by Gasteiger charge is 2.21. The molecule has 28 heavy (non-hydrogen) atoms. The number of nitrogens with zero attached hydrogens (tertiary/aromatic N) is 1. The molecule has 0 fully saturated rings. The van der Waals surface area contributed by atoms with Crippen LogP contribution >= 0.6 is 11.3 Å². The number of ether oxygens (including phenoxy) is 3. The molecule has 8 heteroatoms. The van der Waals surface area contributed by atoms with Crippen molar-refractivity contribution in [3.63, 3.8) is 0 Å². The van der Waals surface area contributed by atoms with Gasteiger partial charge in [0.1, 0.15) is 11.5 Å². The second-order valence-electron chi connectivity index (χ2n) is 6.24. The molecule has 1 aliphatic rings. The third-order valence-corrected chi connectivity index (χ3v) is 5.14. The number of carbonyl (C=O) groups excluding carboxylic acids is 2. The Morgan fingerprint density at radius 3 is 2.82 bits per heavy atom. The summed E-state index contributed by atoms with van der Waals surface area (Å²) < 4.78 is 15.7. The third-order valence-electron chi connectivity index (χ3n) is 4.38. The van der Waals surface area contributed by atoms with Crippen molar-refractivity contribution in [1.82, 2.24) is 4.98 Å². The molecule has 0 aliphatic heterocycles. The first-order valence-electron chi connectivity index (χ1n) is 8.90. The summed E-state index contributed by atoms with van der Waals surface area (Å²) in [6.07, 6.45) is 6.31. The number of carbonyl (C=O) groups is 2. The minimum Gasteiger partial charge on any atom is -0.497 e. The van der Waals surface area contributed by atoms with Crippen molar-refractivity contribution in [3.05, 3.63) is 35.7 Å². The molecule has 0 unspecified atom stereocenters. The molecule has 0 spiro atoms. The molecule has 1 N–H and O–H groups in total. The first kappa shape index (κ1) is 19.9. The number of allylic oxidation sites excluding steroid dienone is 2. The topological polar surface area (TPSA) is 86.8 Å². The fraction of sp³-hybridized carbons (Fsp3) is 0.350. The molecular formula is C20H22N2O5S. The van der Waals surface area contributed by atoms with Gasteiger partial charge in [-0.25, -0.2) is 4.98 Å². The number of anilines is 1. The van der Waals surface area contributed by atoms with Crippen molar-refractivity contribution in [1.29, 1.82) is 0 Å². The third kappa shape index (κ3) is 4.89. The van der Waals surface area contributed by atoms with Crippen LogP contribution < -0.4 is 14.8 Å². The Labute approximate surface area is 167 Å². The van der Waals surface area contributed by atoms with Crippen LogP contribution in [0.5, 0.6) is 11.5 Å². The molecule has 3 rings (SSSR count). The van der Waals surface area contributed by atoms with Gasteiger partial charge in [-0.15, -0.1) is 11.3 Å². The Hall–Kier alpha value is -2.87. The van der Waals surface area contributed by atoms with Crippen LogP contribution in [0.1, 0.15) is 19.3 Å². The van der Waals surface area contributed by atoms with E-state index in [1.54, 1.807) is 26.4 Å². The van der Waals surface area contributed by atoms with Gasteiger partial charge >= 0.3 is 5.97 Å². The van der Waals surface area contributed by atoms with Crippen LogP contribution in [0.2, 0.25) is 0 Å². The van der Waals surface area contributed by atoms with Crippen molar-refractivity contribution < 1.29 is 23.8 Å². The fourth-order valence-electron chi connectivity index (χ4n) is 2.89. The van der Waals surface area contributed by atoms with Gasteiger partial charge in [0.15, 0.2) is 11.7 Å². The zero-order chi connectivity index (χ0) is 19.9. The molecule has 1 aromatic carbocycles. The van der Waals surface area contributed by atoms with E-state index in [9.17, 15) is 9.59 Å². The van der Waals surface area contributed by atoms with E-state index >= 15 is 0 Å². The standard InChI is InChI=1S/C20H22N2O5S/c1-25-14-8-9-17(26-2)15(10-14)16-12-28-20(21-16)22-18(23)11-27-19(24)13-6-4-3-5-7-13/h3-4,8-10,12-13H,5-7,11H2,1-2H3,(H,21,22,23)/t13-/m1/s1. The number of amides is 1. The van der Waals surface area contributed by atoms with E-state index in [4.69, 9.17) is 14.2 Å². The lowest BCUT2D eigenvalue weighted by Crippen LogP contribution is -2.25. The summed E-state index contributed by atoms with van der Waals surface area (Å²) >= 11 is 1.28. The van der Waals surface area contributed by atoms with Gasteiger partial charge in [-0.3, -0.25) is 14.9 Å². The highest BCUT2D eigenvalue weighted by atomic mass is 32.1. The van der Waals surface area contributed by atoms with Crippen molar-refractivity contribution in [3.8, 4) is 22.8 Å². The van der Waals surface area contributed by atoms with Crippen LogP contribution in [0.3, 0.4) is 0 Å². The second kappa shape index (κ2) is 9.36. The smallest absolute Gasteiger partial charge is 0.309 e. The highest BCUT2D eigenvalue weighted by molar-refractivity contribution is 7.14. The van der Waals surface area contributed by atoms with E-state index in [-0.39, 0.29) is 18.5 Å². The first-order valence-corrected chi connectivity index (χ1v) is 9.78. The van der Waals surface area contributed by atoms with Gasteiger partial charge in [-0.05, 0) is 37.5 Å². The normalized spacial score (nSPS) is 15.7. The molecule has 1 atom stereocenters. The molecule has 0 saturated heterocycles. The van der Waals surface area contributed by atoms with Crippen LogP contribution in [0.15, 0.2) is 35.7 Å². The summed E-state index contributed by atoms with van der Waals surface area (Å²) in [7, 11) is 3.17. The summed E-state index contributed by atoms with van der Waals surface area (Å²) in [5.74, 6) is 0.418. The summed E-state index contributed by atoms with van der Waals surface area (Å²) in [6, 6.07) is 5.42. The lowest BCUT2D eigenvalue weighted by molar-refractivity contribution is -0.151. The van der Waals surface area contributed by atoms with Crippen molar-refractivity contribution in [2.75, 3.05) is 26.1 Å². The molecule has 1 amide bonds. The molecule has 7 nitrogen and oxygen atoms in total. The van der Waals surface area contributed by atoms with Gasteiger partial charge in [0.2, 0.25) is 0 Å². The van der Waals surface area contributed by atoms with E-state index in [1.165, 1.54) is 11.3 Å². The van der Waals surface area contributed by atoms with Crippen LogP contribution in [0, 0.1) is 5.92 Å². The number of benzene rings is 1. The monoisotopic (exact) mass is 402 g/mol. The molecule has 0 saturated carbocycles. The first-order chi connectivity index (χ1) is 13.6. The number of hydrogen-bond acceptors (Lipinski definition) is 7. The van der Waals surface area contributed by atoms with Crippen LogP contribution in [0.4, 0.5) is 5.13 Å². The number of methoxy groups -OCH3 is 2. The average molecular weight is 402 g/mol. The summed E-state index contributed by atoms with van der Waals surface area (Å²) in [5.41, 5.74) is 1.41. The molecule has 1 aliphatic carbocycles. The molecular weight excluding hydrogens is 380 g/mol. The molecule has 0 bridgehead atoms. The van der Waals surface area contributed by atoms with Gasteiger partial charge in [-0.1, -0.05) is 12.2 Å². The minimum atomic E-state index is -0.418. The maximum atomic E-state index is 12.1. The lowest BCUT2D eigenvalue weighted by atomic mass is 9.95. The van der Waals surface area contributed by atoms with Crippen molar-refractivity contribution >= 4 is 28.3 Å². The molecule has 0 radical (unpaired) electrons. The van der Waals surface area contributed by atoms with E-state index in [0.717, 1.165) is 18.4 Å².